The van der Waals surface area contributed by atoms with E-state index in [1.165, 1.54) is 25.7 Å². The molecule has 1 aliphatic carbocycles. The number of anilines is 1. The van der Waals surface area contributed by atoms with Crippen LogP contribution in [0.2, 0.25) is 0 Å². The van der Waals surface area contributed by atoms with Crippen molar-refractivity contribution in [2.75, 3.05) is 45.8 Å². The van der Waals surface area contributed by atoms with E-state index in [2.05, 4.69) is 15.6 Å². The molecule has 1 saturated carbocycles. The molecule has 0 saturated heterocycles. The monoisotopic (exact) mass is 363 g/mol. The summed E-state index contributed by atoms with van der Waals surface area (Å²) in [5.41, 5.74) is 0.949. The van der Waals surface area contributed by atoms with Gasteiger partial charge >= 0.3 is 0 Å². The van der Waals surface area contributed by atoms with Crippen LogP contribution in [0.1, 0.15) is 38.5 Å². The lowest BCUT2D eigenvalue weighted by atomic mass is 10.3. The smallest absolute Gasteiger partial charge is 0.195 e. The minimum absolute atomic E-state index is 0.485. The molecule has 0 unspecified atom stereocenters. The second kappa shape index (κ2) is 12.5. The van der Waals surface area contributed by atoms with Gasteiger partial charge < -0.3 is 24.8 Å². The van der Waals surface area contributed by atoms with E-state index in [1.54, 1.807) is 14.2 Å². The van der Waals surface area contributed by atoms with Crippen molar-refractivity contribution in [3.8, 4) is 5.75 Å². The van der Waals surface area contributed by atoms with Gasteiger partial charge in [0.05, 0.1) is 12.7 Å². The molecule has 0 aliphatic heterocycles. The maximum atomic E-state index is 5.88. The van der Waals surface area contributed by atoms with E-state index in [-0.39, 0.29) is 0 Å². The Morgan fingerprint density at radius 3 is 2.77 bits per heavy atom. The van der Waals surface area contributed by atoms with E-state index in [4.69, 9.17) is 14.2 Å². The predicted molar refractivity (Wildman–Crippen MR) is 106 cm³/mol. The second-order valence-electron chi connectivity index (χ2n) is 6.48. The Bertz CT molecular complexity index is 531. The molecule has 1 aromatic rings. The van der Waals surface area contributed by atoms with Gasteiger partial charge in [-0.25, -0.2) is 0 Å². The van der Waals surface area contributed by atoms with Crippen LogP contribution >= 0.6 is 0 Å². The number of hydrogen-bond acceptors (Lipinski definition) is 4. The summed E-state index contributed by atoms with van der Waals surface area (Å²) in [5, 5.41) is 6.62. The van der Waals surface area contributed by atoms with Crippen LogP contribution in [0.4, 0.5) is 5.69 Å². The third kappa shape index (κ3) is 8.06. The highest BCUT2D eigenvalue weighted by molar-refractivity contribution is 5.93. The van der Waals surface area contributed by atoms with Crippen molar-refractivity contribution in [3.63, 3.8) is 0 Å². The topological polar surface area (TPSA) is 64.1 Å². The highest BCUT2D eigenvalue weighted by Crippen LogP contribution is 2.20. The Labute approximate surface area is 157 Å². The van der Waals surface area contributed by atoms with Gasteiger partial charge in [-0.05, 0) is 31.4 Å². The maximum absolute atomic E-state index is 5.88. The Hall–Kier alpha value is -1.79. The van der Waals surface area contributed by atoms with Crippen molar-refractivity contribution in [1.82, 2.24) is 5.32 Å². The van der Waals surface area contributed by atoms with Crippen LogP contribution < -0.4 is 15.4 Å². The molecule has 0 bridgehead atoms. The van der Waals surface area contributed by atoms with Crippen LogP contribution in [0, 0.1) is 0 Å². The first-order chi connectivity index (χ1) is 12.8. The summed E-state index contributed by atoms with van der Waals surface area (Å²) in [4.78, 5) is 4.27. The normalized spacial score (nSPS) is 15.2. The fourth-order valence-electron chi connectivity index (χ4n) is 2.96. The van der Waals surface area contributed by atoms with Crippen molar-refractivity contribution in [3.05, 3.63) is 24.3 Å². The Morgan fingerprint density at radius 2 is 2.00 bits per heavy atom. The van der Waals surface area contributed by atoms with Crippen molar-refractivity contribution >= 4 is 11.6 Å². The summed E-state index contributed by atoms with van der Waals surface area (Å²) >= 11 is 0. The van der Waals surface area contributed by atoms with Gasteiger partial charge in [0.1, 0.15) is 5.75 Å². The summed E-state index contributed by atoms with van der Waals surface area (Å²) in [5.74, 6) is 1.59. The van der Waals surface area contributed by atoms with Gasteiger partial charge in [-0.1, -0.05) is 18.9 Å². The lowest BCUT2D eigenvalue weighted by molar-refractivity contribution is 0.0574. The predicted octanol–water partition coefficient (Wildman–Crippen LogP) is 3.44. The van der Waals surface area contributed by atoms with E-state index in [0.29, 0.717) is 19.3 Å². The van der Waals surface area contributed by atoms with Gasteiger partial charge in [-0.3, -0.25) is 4.99 Å². The van der Waals surface area contributed by atoms with Crippen LogP contribution in [0.3, 0.4) is 0 Å². The summed E-state index contributed by atoms with van der Waals surface area (Å²) in [7, 11) is 3.47. The zero-order chi connectivity index (χ0) is 18.5. The fraction of sp³-hybridized carbons (Fsp3) is 0.650. The summed E-state index contributed by atoms with van der Waals surface area (Å²) in [6.45, 7) is 2.99. The molecule has 146 valence electrons. The molecule has 1 aliphatic rings. The number of methoxy groups -OCH3 is 1. The van der Waals surface area contributed by atoms with Gasteiger partial charge in [-0.15, -0.1) is 0 Å². The Morgan fingerprint density at radius 1 is 1.15 bits per heavy atom. The molecule has 0 radical (unpaired) electrons. The number of benzene rings is 1. The molecule has 2 rings (SSSR count). The van der Waals surface area contributed by atoms with Crippen LogP contribution in [-0.2, 0) is 9.47 Å². The molecule has 2 N–H and O–H groups in total. The molecule has 6 nitrogen and oxygen atoms in total. The van der Waals surface area contributed by atoms with Gasteiger partial charge in [0.2, 0.25) is 0 Å². The largest absolute Gasteiger partial charge is 0.493 e. The Kier molecular flexibility index (Phi) is 9.90. The molecule has 1 fully saturated rings. The van der Waals surface area contributed by atoms with Crippen LogP contribution in [0.5, 0.6) is 5.75 Å². The number of nitrogens with zero attached hydrogens (tertiary/aromatic N) is 1. The lowest BCUT2D eigenvalue weighted by Crippen LogP contribution is -2.32. The second-order valence-corrected chi connectivity index (χ2v) is 6.48. The highest BCUT2D eigenvalue weighted by Gasteiger charge is 2.14. The lowest BCUT2D eigenvalue weighted by Gasteiger charge is -2.14. The van der Waals surface area contributed by atoms with E-state index >= 15 is 0 Å². The van der Waals surface area contributed by atoms with Crippen molar-refractivity contribution in [1.29, 1.82) is 0 Å². The van der Waals surface area contributed by atoms with Crippen LogP contribution in [0.25, 0.3) is 0 Å². The SMILES string of the molecule is CN=C(NCCCOC1CCCC1)Nc1cccc(OCCCOC)c1. The minimum Gasteiger partial charge on any atom is -0.493 e. The zero-order valence-electron chi connectivity index (χ0n) is 16.1. The first-order valence-electron chi connectivity index (χ1n) is 9.63. The van der Waals surface area contributed by atoms with Crippen molar-refractivity contribution < 1.29 is 14.2 Å². The molecule has 0 amide bonds. The van der Waals surface area contributed by atoms with Crippen LogP contribution in [0.15, 0.2) is 29.3 Å². The van der Waals surface area contributed by atoms with Gasteiger partial charge in [0.25, 0.3) is 0 Å². The molecule has 0 spiro atoms. The summed E-state index contributed by atoms with van der Waals surface area (Å²) < 4.78 is 16.6. The van der Waals surface area contributed by atoms with Gasteiger partial charge in [0.15, 0.2) is 5.96 Å². The van der Waals surface area contributed by atoms with Gasteiger partial charge in [0, 0.05) is 52.1 Å². The quantitative estimate of drug-likeness (QED) is 0.358. The first kappa shape index (κ1) is 20.5. The zero-order valence-corrected chi connectivity index (χ0v) is 16.1. The summed E-state index contributed by atoms with van der Waals surface area (Å²) in [6.07, 6.45) is 7.41. The fourth-order valence-corrected chi connectivity index (χ4v) is 2.96. The first-order valence-corrected chi connectivity index (χ1v) is 9.63. The highest BCUT2D eigenvalue weighted by atomic mass is 16.5. The van der Waals surface area contributed by atoms with Crippen molar-refractivity contribution in [2.45, 2.75) is 44.6 Å². The van der Waals surface area contributed by atoms with E-state index in [0.717, 1.165) is 43.4 Å². The summed E-state index contributed by atoms with van der Waals surface area (Å²) in [6, 6.07) is 7.90. The third-order valence-electron chi connectivity index (χ3n) is 4.35. The number of aliphatic imine (C=N–C) groups is 1. The number of hydrogen-bond donors (Lipinski definition) is 2. The average Bonchev–Trinajstić information content (AvgIpc) is 3.18. The molecule has 0 atom stereocenters. The average molecular weight is 364 g/mol. The van der Waals surface area contributed by atoms with Crippen molar-refractivity contribution in [2.24, 2.45) is 4.99 Å². The minimum atomic E-state index is 0.485. The maximum Gasteiger partial charge on any atom is 0.195 e. The molecule has 1 aromatic carbocycles. The number of ether oxygens (including phenoxy) is 3. The Balaban J connectivity index is 1.66. The number of guanidine groups is 1. The molecule has 26 heavy (non-hydrogen) atoms. The number of nitrogens with one attached hydrogen (secondary N) is 2. The molecular weight excluding hydrogens is 330 g/mol. The third-order valence-corrected chi connectivity index (χ3v) is 4.35. The molecule has 0 heterocycles. The van der Waals surface area contributed by atoms with E-state index < -0.39 is 0 Å². The number of rotatable bonds is 11. The molecular formula is C20H33N3O3. The molecule has 0 aromatic heterocycles. The van der Waals surface area contributed by atoms with E-state index in [9.17, 15) is 0 Å². The standard InChI is InChI=1S/C20H33N3O3/c1-21-20(22-12-6-14-25-18-9-3-4-10-18)23-17-8-5-11-19(16-17)26-15-7-13-24-2/h5,8,11,16,18H,3-4,6-7,9-10,12-15H2,1-2H3,(H2,21,22,23). The molecule has 6 heteroatoms. The van der Waals surface area contributed by atoms with Crippen LogP contribution in [-0.4, -0.2) is 52.6 Å². The van der Waals surface area contributed by atoms with E-state index in [1.807, 2.05) is 24.3 Å². The van der Waals surface area contributed by atoms with Gasteiger partial charge in [-0.2, -0.15) is 0 Å².